The third-order valence-electron chi connectivity index (χ3n) is 3.78. The molecule has 0 atom stereocenters. The second-order valence-corrected chi connectivity index (χ2v) is 6.71. The molecule has 6 heteroatoms. The van der Waals surface area contributed by atoms with Gasteiger partial charge in [0.1, 0.15) is 5.69 Å². The Morgan fingerprint density at radius 3 is 2.29 bits per heavy atom. The molecular weight excluding hydrogens is 319 g/mol. The Morgan fingerprint density at radius 1 is 1.17 bits per heavy atom. The van der Waals surface area contributed by atoms with Gasteiger partial charge in [0.05, 0.1) is 17.7 Å². The van der Waals surface area contributed by atoms with E-state index in [4.69, 9.17) is 4.74 Å². The quantitative estimate of drug-likeness (QED) is 0.720. The molecule has 2 aromatic rings. The number of nitrogens with zero attached hydrogens (tertiary/aromatic N) is 1. The largest absolute Gasteiger partial charge is 0.461 e. The molecule has 0 spiro atoms. The first-order valence-corrected chi connectivity index (χ1v) is 7.65. The number of esters is 1. The maximum atomic E-state index is 13.5. The Bertz CT molecular complexity index is 789. The molecule has 0 radical (unpaired) electrons. The smallest absolute Gasteiger partial charge is 0.418 e. The van der Waals surface area contributed by atoms with Crippen molar-refractivity contribution in [1.82, 2.24) is 4.98 Å². The van der Waals surface area contributed by atoms with Gasteiger partial charge in [0, 0.05) is 5.39 Å². The summed E-state index contributed by atoms with van der Waals surface area (Å²) in [5, 5.41) is 0.391. The fraction of sp³-hybridized carbons (Fsp3) is 0.444. The molecule has 0 aliphatic heterocycles. The van der Waals surface area contributed by atoms with Crippen LogP contribution in [-0.2, 0) is 16.3 Å². The first kappa shape index (κ1) is 18.2. The van der Waals surface area contributed by atoms with Crippen LogP contribution >= 0.6 is 0 Å². The van der Waals surface area contributed by atoms with Crippen LogP contribution in [0.25, 0.3) is 10.9 Å². The normalized spacial score (nSPS) is 12.5. The van der Waals surface area contributed by atoms with Crippen molar-refractivity contribution in [1.29, 1.82) is 0 Å². The van der Waals surface area contributed by atoms with E-state index in [9.17, 15) is 18.0 Å². The molecule has 0 saturated carbocycles. The molecule has 1 aromatic heterocycles. The highest BCUT2D eigenvalue weighted by Crippen LogP contribution is 2.38. The van der Waals surface area contributed by atoms with Crippen molar-refractivity contribution in [3.8, 4) is 0 Å². The van der Waals surface area contributed by atoms with Gasteiger partial charge in [-0.1, -0.05) is 20.8 Å². The molecule has 0 aliphatic carbocycles. The summed E-state index contributed by atoms with van der Waals surface area (Å²) in [7, 11) is 0. The zero-order valence-corrected chi connectivity index (χ0v) is 14.3. The highest BCUT2D eigenvalue weighted by atomic mass is 19.4. The van der Waals surface area contributed by atoms with E-state index in [1.807, 2.05) is 20.8 Å². The number of hydrogen-bond donors (Lipinski definition) is 0. The molecule has 0 bridgehead atoms. The van der Waals surface area contributed by atoms with E-state index in [1.54, 1.807) is 19.9 Å². The van der Waals surface area contributed by atoms with E-state index in [-0.39, 0.29) is 17.8 Å². The first-order chi connectivity index (χ1) is 10.9. The lowest BCUT2D eigenvalue weighted by molar-refractivity contribution is -0.136. The molecule has 0 aliphatic rings. The van der Waals surface area contributed by atoms with Gasteiger partial charge in [-0.2, -0.15) is 13.2 Å². The lowest BCUT2D eigenvalue weighted by atomic mass is 9.84. The molecule has 3 nitrogen and oxygen atoms in total. The van der Waals surface area contributed by atoms with Gasteiger partial charge in [-0.25, -0.2) is 9.78 Å². The van der Waals surface area contributed by atoms with Crippen LogP contribution in [0.5, 0.6) is 0 Å². The molecule has 0 N–H and O–H groups in total. The van der Waals surface area contributed by atoms with Crippen LogP contribution < -0.4 is 0 Å². The maximum absolute atomic E-state index is 13.5. The van der Waals surface area contributed by atoms with E-state index < -0.39 is 23.1 Å². The van der Waals surface area contributed by atoms with Crippen molar-refractivity contribution >= 4 is 16.9 Å². The maximum Gasteiger partial charge on any atom is 0.418 e. The first-order valence-electron chi connectivity index (χ1n) is 7.65. The molecule has 0 amide bonds. The second kappa shape index (κ2) is 6.07. The van der Waals surface area contributed by atoms with E-state index in [1.165, 1.54) is 6.07 Å². The number of fused-ring (bicyclic) bond motifs is 1. The summed E-state index contributed by atoms with van der Waals surface area (Å²) in [4.78, 5) is 15.8. The zero-order valence-electron chi connectivity index (χ0n) is 14.3. The molecular formula is C18H20F3NO2. The Labute approximate surface area is 138 Å². The average Bonchev–Trinajstić information content (AvgIpc) is 2.44. The van der Waals surface area contributed by atoms with Gasteiger partial charge in [-0.15, -0.1) is 0 Å². The van der Waals surface area contributed by atoms with Crippen LogP contribution in [-0.4, -0.2) is 17.6 Å². The van der Waals surface area contributed by atoms with Gasteiger partial charge in [-0.05, 0) is 48.6 Å². The van der Waals surface area contributed by atoms with Gasteiger partial charge in [0.25, 0.3) is 0 Å². The number of halogens is 3. The fourth-order valence-corrected chi connectivity index (χ4v) is 2.45. The molecule has 1 heterocycles. The molecule has 0 fully saturated rings. The molecule has 2 rings (SSSR count). The predicted octanol–water partition coefficient (Wildman–Crippen LogP) is 5.04. The minimum atomic E-state index is -4.56. The van der Waals surface area contributed by atoms with Gasteiger partial charge < -0.3 is 4.74 Å². The summed E-state index contributed by atoms with van der Waals surface area (Å²) in [6.07, 6.45) is -4.56. The number of carbonyl (C=O) groups is 1. The van der Waals surface area contributed by atoms with Gasteiger partial charge in [-0.3, -0.25) is 0 Å². The molecule has 0 unspecified atom stereocenters. The Kier molecular flexibility index (Phi) is 4.61. The van der Waals surface area contributed by atoms with Crippen LogP contribution in [0.4, 0.5) is 13.2 Å². The number of rotatable bonds is 2. The van der Waals surface area contributed by atoms with E-state index in [0.29, 0.717) is 16.5 Å². The number of aryl methyl sites for hydroxylation is 1. The van der Waals surface area contributed by atoms with Crippen LogP contribution in [0.15, 0.2) is 18.2 Å². The third-order valence-corrected chi connectivity index (χ3v) is 3.78. The monoisotopic (exact) mass is 339 g/mol. The molecule has 24 heavy (non-hydrogen) atoms. The number of carbonyl (C=O) groups excluding carboxylic acids is 1. The van der Waals surface area contributed by atoms with E-state index in [0.717, 1.165) is 6.07 Å². The van der Waals surface area contributed by atoms with Crippen molar-refractivity contribution in [3.05, 3.63) is 40.6 Å². The standard InChI is InChI=1S/C18H20F3NO2/c1-6-24-16(23)14-7-10(2)12-8-11(17(3,4)5)9-13(15(12)22-14)18(19,20)21/h7-9H,6H2,1-5H3. The minimum Gasteiger partial charge on any atom is -0.461 e. The third kappa shape index (κ3) is 3.52. The van der Waals surface area contributed by atoms with Crippen molar-refractivity contribution in [2.24, 2.45) is 0 Å². The lowest BCUT2D eigenvalue weighted by Gasteiger charge is -2.22. The summed E-state index contributed by atoms with van der Waals surface area (Å²) >= 11 is 0. The summed E-state index contributed by atoms with van der Waals surface area (Å²) < 4.78 is 45.5. The molecule has 0 saturated heterocycles. The van der Waals surface area contributed by atoms with Crippen molar-refractivity contribution in [3.63, 3.8) is 0 Å². The molecule has 1 aromatic carbocycles. The Morgan fingerprint density at radius 2 is 1.79 bits per heavy atom. The SMILES string of the molecule is CCOC(=O)c1cc(C)c2cc(C(C)(C)C)cc(C(F)(F)F)c2n1. The number of alkyl halides is 3. The number of pyridine rings is 1. The van der Waals surface area contributed by atoms with Gasteiger partial charge >= 0.3 is 12.1 Å². The lowest BCUT2D eigenvalue weighted by Crippen LogP contribution is -2.16. The van der Waals surface area contributed by atoms with E-state index >= 15 is 0 Å². The Hall–Kier alpha value is -2.11. The van der Waals surface area contributed by atoms with Crippen LogP contribution in [0.2, 0.25) is 0 Å². The Balaban J connectivity index is 2.84. The number of ether oxygens (including phenoxy) is 1. The number of benzene rings is 1. The number of hydrogen-bond acceptors (Lipinski definition) is 3. The highest BCUT2D eigenvalue weighted by molar-refractivity contribution is 5.94. The minimum absolute atomic E-state index is 0.115. The van der Waals surface area contributed by atoms with E-state index in [2.05, 4.69) is 4.98 Å². The summed E-state index contributed by atoms with van der Waals surface area (Å²) in [5.41, 5.74) is -0.496. The van der Waals surface area contributed by atoms with Crippen molar-refractivity contribution < 1.29 is 22.7 Å². The zero-order chi connectivity index (χ0) is 18.3. The topological polar surface area (TPSA) is 39.2 Å². The molecule has 130 valence electrons. The van der Waals surface area contributed by atoms with Crippen LogP contribution in [0.3, 0.4) is 0 Å². The van der Waals surface area contributed by atoms with Gasteiger partial charge in [0.15, 0.2) is 0 Å². The van der Waals surface area contributed by atoms with Crippen LogP contribution in [0.1, 0.15) is 54.9 Å². The van der Waals surface area contributed by atoms with Gasteiger partial charge in [0.2, 0.25) is 0 Å². The average molecular weight is 339 g/mol. The predicted molar refractivity (Wildman–Crippen MR) is 86.1 cm³/mol. The fourth-order valence-electron chi connectivity index (χ4n) is 2.45. The second-order valence-electron chi connectivity index (χ2n) is 6.71. The van der Waals surface area contributed by atoms with Crippen molar-refractivity contribution in [2.75, 3.05) is 6.61 Å². The van der Waals surface area contributed by atoms with Crippen LogP contribution in [0, 0.1) is 6.92 Å². The van der Waals surface area contributed by atoms with Crippen molar-refractivity contribution in [2.45, 2.75) is 46.2 Å². The highest BCUT2D eigenvalue weighted by Gasteiger charge is 2.35. The summed E-state index contributed by atoms with van der Waals surface area (Å²) in [6.45, 7) is 8.98. The summed E-state index contributed by atoms with van der Waals surface area (Å²) in [6, 6.07) is 4.29. The number of aromatic nitrogens is 1. The summed E-state index contributed by atoms with van der Waals surface area (Å²) in [5.74, 6) is -0.726.